The lowest BCUT2D eigenvalue weighted by Crippen LogP contribution is -2.40. The van der Waals surface area contributed by atoms with E-state index in [-0.39, 0.29) is 11.3 Å². The summed E-state index contributed by atoms with van der Waals surface area (Å²) in [6, 6.07) is 26.0. The third kappa shape index (κ3) is 4.31. The van der Waals surface area contributed by atoms with Gasteiger partial charge in [-0.25, -0.2) is 8.42 Å². The standard InChI is InChI=1S/C21H20O4S/c22-20(16-17-10-4-1-5-11-17)21(25-18-12-6-2-7-13-18)26(23,24)19-14-8-3-9-15-19/h1-15,20-22H,16H2/t20-,21-/m0/s1. The van der Waals surface area contributed by atoms with Crippen LogP contribution >= 0.6 is 0 Å². The normalized spacial score (nSPS) is 13.7. The Morgan fingerprint density at radius 3 is 1.85 bits per heavy atom. The maximum atomic E-state index is 13.1. The van der Waals surface area contributed by atoms with Crippen molar-refractivity contribution in [3.63, 3.8) is 0 Å². The van der Waals surface area contributed by atoms with E-state index in [1.54, 1.807) is 42.5 Å². The quantitative estimate of drug-likeness (QED) is 0.694. The van der Waals surface area contributed by atoms with E-state index in [4.69, 9.17) is 4.74 Å². The van der Waals surface area contributed by atoms with Crippen LogP contribution in [0.15, 0.2) is 95.9 Å². The summed E-state index contributed by atoms with van der Waals surface area (Å²) in [5.41, 5.74) is -0.572. The average Bonchev–Trinajstić information content (AvgIpc) is 2.68. The predicted octanol–water partition coefficient (Wildman–Crippen LogP) is 3.47. The molecular formula is C21H20O4S. The van der Waals surface area contributed by atoms with Crippen LogP contribution in [0.1, 0.15) is 5.56 Å². The molecule has 0 spiro atoms. The molecule has 0 aliphatic rings. The highest BCUT2D eigenvalue weighted by Gasteiger charge is 2.36. The number of hydrogen-bond donors (Lipinski definition) is 1. The Morgan fingerprint density at radius 2 is 1.27 bits per heavy atom. The minimum atomic E-state index is -3.89. The van der Waals surface area contributed by atoms with Gasteiger partial charge < -0.3 is 9.84 Å². The molecule has 3 aromatic carbocycles. The molecule has 0 saturated carbocycles. The van der Waals surface area contributed by atoms with Crippen LogP contribution in [0.5, 0.6) is 5.75 Å². The molecule has 0 fully saturated rings. The van der Waals surface area contributed by atoms with E-state index in [9.17, 15) is 13.5 Å². The minimum absolute atomic E-state index is 0.119. The van der Waals surface area contributed by atoms with Crippen LogP contribution in [0.3, 0.4) is 0 Å². The Balaban J connectivity index is 1.93. The van der Waals surface area contributed by atoms with Gasteiger partial charge in [-0.2, -0.15) is 0 Å². The van der Waals surface area contributed by atoms with Crippen LogP contribution < -0.4 is 4.74 Å². The third-order valence-corrected chi connectivity index (χ3v) is 5.93. The van der Waals surface area contributed by atoms with Crippen molar-refractivity contribution < 1.29 is 18.3 Å². The first kappa shape index (κ1) is 18.2. The van der Waals surface area contributed by atoms with E-state index < -0.39 is 21.4 Å². The molecule has 0 aromatic heterocycles. The summed E-state index contributed by atoms with van der Waals surface area (Å²) in [6.45, 7) is 0. The monoisotopic (exact) mass is 368 g/mol. The van der Waals surface area contributed by atoms with Crippen molar-refractivity contribution in [1.29, 1.82) is 0 Å². The van der Waals surface area contributed by atoms with E-state index in [0.717, 1.165) is 5.56 Å². The zero-order chi connectivity index (χ0) is 18.4. The molecule has 0 unspecified atom stereocenters. The molecule has 2 atom stereocenters. The van der Waals surface area contributed by atoms with Crippen molar-refractivity contribution in [1.82, 2.24) is 0 Å². The van der Waals surface area contributed by atoms with E-state index in [0.29, 0.717) is 5.75 Å². The van der Waals surface area contributed by atoms with E-state index in [2.05, 4.69) is 0 Å². The van der Waals surface area contributed by atoms with Gasteiger partial charge in [-0.05, 0) is 29.8 Å². The van der Waals surface area contributed by atoms with E-state index in [1.807, 2.05) is 36.4 Å². The summed E-state index contributed by atoms with van der Waals surface area (Å²) in [5, 5.41) is 10.7. The van der Waals surface area contributed by atoms with Gasteiger partial charge in [-0.1, -0.05) is 66.7 Å². The molecule has 0 aliphatic carbocycles. The number of aliphatic hydroxyl groups excluding tert-OH is 1. The van der Waals surface area contributed by atoms with Crippen molar-refractivity contribution in [3.8, 4) is 5.75 Å². The minimum Gasteiger partial charge on any atom is -0.471 e. The Kier molecular flexibility index (Phi) is 5.71. The van der Waals surface area contributed by atoms with Crippen molar-refractivity contribution in [2.24, 2.45) is 0 Å². The summed E-state index contributed by atoms with van der Waals surface area (Å²) >= 11 is 0. The first-order valence-electron chi connectivity index (χ1n) is 8.30. The lowest BCUT2D eigenvalue weighted by Gasteiger charge is -2.24. The highest BCUT2D eigenvalue weighted by atomic mass is 32.2. The highest BCUT2D eigenvalue weighted by Crippen LogP contribution is 2.24. The fourth-order valence-electron chi connectivity index (χ4n) is 2.68. The second-order valence-electron chi connectivity index (χ2n) is 5.91. The topological polar surface area (TPSA) is 63.6 Å². The predicted molar refractivity (Wildman–Crippen MR) is 101 cm³/mol. The van der Waals surface area contributed by atoms with Crippen molar-refractivity contribution in [2.45, 2.75) is 22.9 Å². The van der Waals surface area contributed by atoms with E-state index >= 15 is 0 Å². The fraction of sp³-hybridized carbons (Fsp3) is 0.143. The van der Waals surface area contributed by atoms with Gasteiger partial charge in [0, 0.05) is 6.42 Å². The second-order valence-corrected chi connectivity index (χ2v) is 7.94. The molecule has 0 bridgehead atoms. The maximum absolute atomic E-state index is 13.1. The van der Waals surface area contributed by atoms with E-state index in [1.165, 1.54) is 12.1 Å². The SMILES string of the molecule is O=S(=O)(c1ccccc1)[C@H](Oc1ccccc1)[C@@H](O)Cc1ccccc1. The zero-order valence-corrected chi connectivity index (χ0v) is 14.9. The first-order chi connectivity index (χ1) is 12.6. The molecule has 3 rings (SSSR count). The Morgan fingerprint density at radius 1 is 0.769 bits per heavy atom. The summed E-state index contributed by atoms with van der Waals surface area (Å²) in [6.07, 6.45) is -1.05. The van der Waals surface area contributed by atoms with Crippen LogP contribution in [0, 0.1) is 0 Å². The molecule has 1 N–H and O–H groups in total. The van der Waals surface area contributed by atoms with Gasteiger partial charge in [0.15, 0.2) is 0 Å². The van der Waals surface area contributed by atoms with Gasteiger partial charge in [0.1, 0.15) is 11.9 Å². The molecule has 134 valence electrons. The number of para-hydroxylation sites is 1. The first-order valence-corrected chi connectivity index (χ1v) is 9.84. The van der Waals surface area contributed by atoms with Crippen molar-refractivity contribution in [3.05, 3.63) is 96.6 Å². The fourth-order valence-corrected chi connectivity index (χ4v) is 4.23. The molecule has 0 heterocycles. The van der Waals surface area contributed by atoms with Crippen molar-refractivity contribution in [2.75, 3.05) is 0 Å². The average molecular weight is 368 g/mol. The molecule has 0 aliphatic heterocycles. The van der Waals surface area contributed by atoms with Gasteiger partial charge in [-0.3, -0.25) is 0 Å². The smallest absolute Gasteiger partial charge is 0.229 e. The van der Waals surface area contributed by atoms with Gasteiger partial charge in [0.2, 0.25) is 15.3 Å². The summed E-state index contributed by atoms with van der Waals surface area (Å²) in [4.78, 5) is 0.119. The zero-order valence-electron chi connectivity index (χ0n) is 14.1. The molecule has 4 nitrogen and oxygen atoms in total. The maximum Gasteiger partial charge on any atom is 0.229 e. The summed E-state index contributed by atoms with van der Waals surface area (Å²) < 4.78 is 31.9. The Bertz CT molecular complexity index is 910. The largest absolute Gasteiger partial charge is 0.471 e. The number of ether oxygens (including phenoxy) is 1. The number of hydrogen-bond acceptors (Lipinski definition) is 4. The van der Waals surface area contributed by atoms with Gasteiger partial charge >= 0.3 is 0 Å². The number of aliphatic hydroxyl groups is 1. The number of sulfone groups is 1. The Labute approximate surface area is 153 Å². The molecule has 26 heavy (non-hydrogen) atoms. The molecule has 3 aromatic rings. The second kappa shape index (κ2) is 8.17. The van der Waals surface area contributed by atoms with Crippen LogP contribution in [0.4, 0.5) is 0 Å². The van der Waals surface area contributed by atoms with Gasteiger partial charge in [-0.15, -0.1) is 0 Å². The summed E-state index contributed by atoms with van der Waals surface area (Å²) in [5.74, 6) is 0.393. The molecule has 0 amide bonds. The van der Waals surface area contributed by atoms with Crippen molar-refractivity contribution >= 4 is 9.84 Å². The molecule has 5 heteroatoms. The molecular weight excluding hydrogens is 348 g/mol. The Hall–Kier alpha value is -2.63. The van der Waals surface area contributed by atoms with Gasteiger partial charge in [0.25, 0.3) is 0 Å². The van der Waals surface area contributed by atoms with Crippen LogP contribution in [0.25, 0.3) is 0 Å². The van der Waals surface area contributed by atoms with Crippen LogP contribution in [0.2, 0.25) is 0 Å². The molecule has 0 radical (unpaired) electrons. The third-order valence-electron chi connectivity index (χ3n) is 3.97. The lowest BCUT2D eigenvalue weighted by atomic mass is 10.1. The number of benzene rings is 3. The van der Waals surface area contributed by atoms with Gasteiger partial charge in [0.05, 0.1) is 4.90 Å². The van der Waals surface area contributed by atoms with Crippen LogP contribution in [-0.4, -0.2) is 25.1 Å². The van der Waals surface area contributed by atoms with Crippen LogP contribution in [-0.2, 0) is 16.3 Å². The highest BCUT2D eigenvalue weighted by molar-refractivity contribution is 7.92. The lowest BCUT2D eigenvalue weighted by molar-refractivity contribution is 0.0816. The molecule has 0 saturated heterocycles. The summed E-state index contributed by atoms with van der Waals surface area (Å²) in [7, 11) is -3.89. The number of rotatable bonds is 7.